The first-order valence-electron chi connectivity index (χ1n) is 7.40. The predicted octanol–water partition coefficient (Wildman–Crippen LogP) is 3.76. The summed E-state index contributed by atoms with van der Waals surface area (Å²) in [6.07, 6.45) is 0. The molecule has 1 amide bonds. The standard InChI is InChI=1S/C17H19N3OS/c1-11(2)9-18-15(21)10-22-17-19-13-7-3-5-12-6-4-8-14(20-17)16(12)13/h3-8,11H,9-10H2,1-2H3,(H,18,21)(H,19,20). The van der Waals surface area contributed by atoms with Crippen molar-refractivity contribution in [3.05, 3.63) is 36.4 Å². The van der Waals surface area contributed by atoms with Crippen molar-refractivity contribution < 1.29 is 4.79 Å². The molecule has 0 aliphatic carbocycles. The predicted molar refractivity (Wildman–Crippen MR) is 95.0 cm³/mol. The number of nitrogens with zero attached hydrogens (tertiary/aromatic N) is 1. The zero-order valence-electron chi connectivity index (χ0n) is 12.7. The van der Waals surface area contributed by atoms with Gasteiger partial charge in [-0.25, -0.2) is 4.99 Å². The van der Waals surface area contributed by atoms with Crippen LogP contribution < -0.4 is 10.6 Å². The maximum atomic E-state index is 11.8. The number of benzene rings is 2. The van der Waals surface area contributed by atoms with Crippen molar-refractivity contribution in [3.8, 4) is 0 Å². The lowest BCUT2D eigenvalue weighted by Gasteiger charge is -2.18. The van der Waals surface area contributed by atoms with E-state index in [1.807, 2.05) is 24.3 Å². The number of carbonyl (C=O) groups excluding carboxylic acids is 1. The number of hydrogen-bond acceptors (Lipinski definition) is 4. The molecule has 0 unspecified atom stereocenters. The summed E-state index contributed by atoms with van der Waals surface area (Å²) in [7, 11) is 0. The second-order valence-corrected chi connectivity index (χ2v) is 6.67. The lowest BCUT2D eigenvalue weighted by molar-refractivity contribution is -0.118. The first kappa shape index (κ1) is 14.9. The van der Waals surface area contributed by atoms with Crippen LogP contribution in [0.15, 0.2) is 41.4 Å². The number of rotatable bonds is 4. The first-order chi connectivity index (χ1) is 10.6. The maximum absolute atomic E-state index is 11.8. The number of amidine groups is 1. The summed E-state index contributed by atoms with van der Waals surface area (Å²) in [6, 6.07) is 12.2. The van der Waals surface area contributed by atoms with E-state index in [1.54, 1.807) is 0 Å². The van der Waals surface area contributed by atoms with Crippen LogP contribution in [0.1, 0.15) is 13.8 Å². The Morgan fingerprint density at radius 1 is 1.27 bits per heavy atom. The zero-order chi connectivity index (χ0) is 15.5. The minimum absolute atomic E-state index is 0.0419. The summed E-state index contributed by atoms with van der Waals surface area (Å²) in [5.74, 6) is 0.875. The largest absolute Gasteiger partial charge is 0.355 e. The van der Waals surface area contributed by atoms with E-state index in [4.69, 9.17) is 0 Å². The molecule has 0 bridgehead atoms. The quantitative estimate of drug-likeness (QED) is 0.903. The Hall–Kier alpha value is -2.01. The van der Waals surface area contributed by atoms with Crippen molar-refractivity contribution in [1.29, 1.82) is 0 Å². The number of hydrogen-bond donors (Lipinski definition) is 2. The van der Waals surface area contributed by atoms with E-state index < -0.39 is 0 Å². The lowest BCUT2D eigenvalue weighted by Crippen LogP contribution is -2.29. The summed E-state index contributed by atoms with van der Waals surface area (Å²) in [5.41, 5.74) is 2.00. The van der Waals surface area contributed by atoms with Gasteiger partial charge in [0, 0.05) is 11.9 Å². The smallest absolute Gasteiger partial charge is 0.230 e. The molecule has 0 saturated carbocycles. The van der Waals surface area contributed by atoms with Crippen molar-refractivity contribution in [2.24, 2.45) is 10.9 Å². The van der Waals surface area contributed by atoms with E-state index in [0.29, 0.717) is 18.2 Å². The van der Waals surface area contributed by atoms with Gasteiger partial charge in [-0.3, -0.25) is 4.79 Å². The van der Waals surface area contributed by atoms with Gasteiger partial charge in [-0.2, -0.15) is 0 Å². The molecular formula is C17H19N3OS. The summed E-state index contributed by atoms with van der Waals surface area (Å²) in [4.78, 5) is 16.4. The molecule has 0 saturated heterocycles. The molecule has 2 aromatic rings. The molecule has 1 heterocycles. The van der Waals surface area contributed by atoms with Gasteiger partial charge in [0.1, 0.15) is 0 Å². The van der Waals surface area contributed by atoms with Gasteiger partial charge < -0.3 is 10.6 Å². The Bertz CT molecular complexity index is 735. The number of anilines is 1. The third-order valence-electron chi connectivity index (χ3n) is 3.39. The van der Waals surface area contributed by atoms with Gasteiger partial charge in [-0.05, 0) is 23.4 Å². The summed E-state index contributed by atoms with van der Waals surface area (Å²) >= 11 is 1.43. The van der Waals surface area contributed by atoms with E-state index in [0.717, 1.165) is 21.9 Å². The van der Waals surface area contributed by atoms with Gasteiger partial charge in [0.2, 0.25) is 5.91 Å². The average molecular weight is 313 g/mol. The second-order valence-electron chi connectivity index (χ2n) is 5.71. The molecular weight excluding hydrogens is 294 g/mol. The molecule has 0 atom stereocenters. The van der Waals surface area contributed by atoms with Crippen molar-refractivity contribution in [1.82, 2.24) is 5.32 Å². The van der Waals surface area contributed by atoms with Gasteiger partial charge in [-0.15, -0.1) is 0 Å². The maximum Gasteiger partial charge on any atom is 0.230 e. The molecule has 1 aliphatic rings. The highest BCUT2D eigenvalue weighted by molar-refractivity contribution is 8.14. The topological polar surface area (TPSA) is 53.5 Å². The number of aliphatic imine (C=N–C) groups is 1. The number of carbonyl (C=O) groups is 1. The van der Waals surface area contributed by atoms with Crippen LogP contribution in [-0.4, -0.2) is 23.4 Å². The molecule has 5 heteroatoms. The zero-order valence-corrected chi connectivity index (χ0v) is 13.5. The molecule has 114 valence electrons. The van der Waals surface area contributed by atoms with Crippen molar-refractivity contribution >= 4 is 45.0 Å². The number of amides is 1. The van der Waals surface area contributed by atoms with Crippen LogP contribution in [0.3, 0.4) is 0 Å². The van der Waals surface area contributed by atoms with Crippen LogP contribution >= 0.6 is 11.8 Å². The summed E-state index contributed by atoms with van der Waals surface area (Å²) in [5, 5.41) is 9.31. The molecule has 2 aromatic carbocycles. The van der Waals surface area contributed by atoms with E-state index in [9.17, 15) is 4.79 Å². The third kappa shape index (κ3) is 3.25. The Labute approximate surface area is 134 Å². The highest BCUT2D eigenvalue weighted by atomic mass is 32.2. The fraction of sp³-hybridized carbons (Fsp3) is 0.294. The van der Waals surface area contributed by atoms with Crippen LogP contribution in [-0.2, 0) is 4.79 Å². The molecule has 0 fully saturated rings. The first-order valence-corrected chi connectivity index (χ1v) is 8.39. The molecule has 0 radical (unpaired) electrons. The summed E-state index contributed by atoms with van der Waals surface area (Å²) in [6.45, 7) is 4.87. The Balaban J connectivity index is 1.71. The Morgan fingerprint density at radius 2 is 2.05 bits per heavy atom. The molecule has 0 spiro atoms. The van der Waals surface area contributed by atoms with Gasteiger partial charge in [0.25, 0.3) is 0 Å². The SMILES string of the molecule is CC(C)CNC(=O)CSC1=Nc2cccc3cccc(c23)N1. The highest BCUT2D eigenvalue weighted by Gasteiger charge is 2.15. The van der Waals surface area contributed by atoms with E-state index in [-0.39, 0.29) is 5.91 Å². The van der Waals surface area contributed by atoms with Gasteiger partial charge in [0.15, 0.2) is 5.17 Å². The fourth-order valence-corrected chi connectivity index (χ4v) is 3.06. The minimum atomic E-state index is 0.0419. The lowest BCUT2D eigenvalue weighted by atomic mass is 10.1. The molecule has 3 rings (SSSR count). The molecule has 0 aromatic heterocycles. The molecule has 22 heavy (non-hydrogen) atoms. The minimum Gasteiger partial charge on any atom is -0.355 e. The van der Waals surface area contributed by atoms with Crippen molar-refractivity contribution in [3.63, 3.8) is 0 Å². The van der Waals surface area contributed by atoms with Crippen LogP contribution in [0.4, 0.5) is 11.4 Å². The highest BCUT2D eigenvalue weighted by Crippen LogP contribution is 2.36. The Morgan fingerprint density at radius 3 is 2.82 bits per heavy atom. The van der Waals surface area contributed by atoms with Crippen LogP contribution in [0.5, 0.6) is 0 Å². The average Bonchev–Trinajstić information content (AvgIpc) is 2.51. The fourth-order valence-electron chi connectivity index (χ4n) is 2.34. The monoisotopic (exact) mass is 313 g/mol. The van der Waals surface area contributed by atoms with E-state index in [2.05, 4.69) is 41.6 Å². The molecule has 4 nitrogen and oxygen atoms in total. The van der Waals surface area contributed by atoms with Crippen LogP contribution in [0, 0.1) is 5.92 Å². The molecule has 1 aliphatic heterocycles. The number of thioether (sulfide) groups is 1. The second kappa shape index (κ2) is 6.40. The Kier molecular flexibility index (Phi) is 4.34. The third-order valence-corrected chi connectivity index (χ3v) is 4.27. The van der Waals surface area contributed by atoms with Gasteiger partial charge in [0.05, 0.1) is 17.1 Å². The van der Waals surface area contributed by atoms with Gasteiger partial charge >= 0.3 is 0 Å². The van der Waals surface area contributed by atoms with Gasteiger partial charge in [-0.1, -0.05) is 49.9 Å². The van der Waals surface area contributed by atoms with Crippen LogP contribution in [0.25, 0.3) is 10.8 Å². The normalized spacial score (nSPS) is 13.0. The summed E-state index contributed by atoms with van der Waals surface area (Å²) < 4.78 is 0. The molecule has 2 N–H and O–H groups in total. The van der Waals surface area contributed by atoms with E-state index >= 15 is 0 Å². The van der Waals surface area contributed by atoms with Crippen molar-refractivity contribution in [2.75, 3.05) is 17.6 Å². The number of nitrogens with one attached hydrogen (secondary N) is 2. The van der Waals surface area contributed by atoms with Crippen molar-refractivity contribution in [2.45, 2.75) is 13.8 Å². The van der Waals surface area contributed by atoms with E-state index in [1.165, 1.54) is 17.1 Å². The van der Waals surface area contributed by atoms with Crippen LogP contribution in [0.2, 0.25) is 0 Å².